The Morgan fingerprint density at radius 2 is 2.06 bits per heavy atom. The summed E-state index contributed by atoms with van der Waals surface area (Å²) < 4.78 is 15.5. The fraction of sp³-hybridized carbons (Fsp3) is 0.273. The van der Waals surface area contributed by atoms with Gasteiger partial charge in [0, 0.05) is 33.8 Å². The van der Waals surface area contributed by atoms with E-state index in [2.05, 4.69) is 25.4 Å². The Morgan fingerprint density at radius 1 is 1.21 bits per heavy atom. The topological polar surface area (TPSA) is 115 Å². The van der Waals surface area contributed by atoms with Crippen molar-refractivity contribution in [1.82, 2.24) is 25.4 Å². The number of pyridine rings is 1. The van der Waals surface area contributed by atoms with E-state index in [1.807, 2.05) is 18.2 Å². The van der Waals surface area contributed by atoms with E-state index in [1.54, 1.807) is 12.1 Å². The number of fused-ring (bicyclic) bond motifs is 3. The molecule has 0 amide bonds. The smallest absolute Gasteiger partial charge is 0.307 e. The fourth-order valence-electron chi connectivity index (χ4n) is 4.03. The first-order valence-corrected chi connectivity index (χ1v) is 10.4. The Morgan fingerprint density at radius 3 is 2.85 bits per heavy atom. The number of halogens is 2. The zero-order valence-electron chi connectivity index (χ0n) is 17.8. The third-order valence-electron chi connectivity index (χ3n) is 5.56. The molecule has 1 aliphatic rings. The van der Waals surface area contributed by atoms with Crippen LogP contribution < -0.4 is 10.1 Å². The molecule has 3 aromatic heterocycles. The van der Waals surface area contributed by atoms with Gasteiger partial charge in [-0.3, -0.25) is 4.79 Å². The van der Waals surface area contributed by atoms with Gasteiger partial charge in [0.05, 0.1) is 26.7 Å². The third kappa shape index (κ3) is 4.39. The molecule has 4 heterocycles. The number of carbonyl (C=O) groups is 1. The maximum atomic E-state index is 11.8. The standard InChI is InChI=1S/C22H20ClN5O4.ClH/c1-30-18-9-12(8-17(23)26-18)22-27-21(28-32-22)11-3-4-15-14(7-11)13-5-6-24-16(20(13)25-15)10-19(29)31-2;/h3-4,7-9,16,24-25H,5-6,10H2,1-2H3;1H. The first kappa shape index (κ1) is 23.0. The van der Waals surface area contributed by atoms with Crippen LogP contribution in [-0.2, 0) is 16.0 Å². The molecule has 0 radical (unpaired) electrons. The van der Waals surface area contributed by atoms with Gasteiger partial charge in [-0.2, -0.15) is 4.98 Å². The van der Waals surface area contributed by atoms with Crippen LogP contribution in [0.25, 0.3) is 33.7 Å². The highest BCUT2D eigenvalue weighted by atomic mass is 35.5. The van der Waals surface area contributed by atoms with Gasteiger partial charge in [0.15, 0.2) is 0 Å². The van der Waals surface area contributed by atoms with Crippen molar-refractivity contribution in [1.29, 1.82) is 0 Å². The van der Waals surface area contributed by atoms with Gasteiger partial charge in [-0.15, -0.1) is 12.4 Å². The molecule has 0 spiro atoms. The monoisotopic (exact) mass is 489 g/mol. The molecule has 0 saturated heterocycles. The molecule has 9 nitrogen and oxygen atoms in total. The van der Waals surface area contributed by atoms with Crippen LogP contribution in [0.4, 0.5) is 0 Å². The van der Waals surface area contributed by atoms with Gasteiger partial charge in [-0.25, -0.2) is 4.98 Å². The fourth-order valence-corrected chi connectivity index (χ4v) is 4.23. The van der Waals surface area contributed by atoms with Gasteiger partial charge in [-0.05, 0) is 42.8 Å². The van der Waals surface area contributed by atoms with Crippen molar-refractivity contribution in [3.8, 4) is 28.7 Å². The zero-order chi connectivity index (χ0) is 22.2. The second-order valence-electron chi connectivity index (χ2n) is 7.46. The lowest BCUT2D eigenvalue weighted by Gasteiger charge is -2.23. The summed E-state index contributed by atoms with van der Waals surface area (Å²) in [6, 6.07) is 9.18. The van der Waals surface area contributed by atoms with Crippen molar-refractivity contribution in [3.63, 3.8) is 0 Å². The van der Waals surface area contributed by atoms with E-state index in [1.165, 1.54) is 19.8 Å². The van der Waals surface area contributed by atoms with Gasteiger partial charge in [0.1, 0.15) is 5.15 Å². The van der Waals surface area contributed by atoms with Crippen LogP contribution in [0.15, 0.2) is 34.9 Å². The molecule has 2 N–H and O–H groups in total. The highest BCUT2D eigenvalue weighted by Gasteiger charge is 2.26. The van der Waals surface area contributed by atoms with E-state index < -0.39 is 0 Å². The van der Waals surface area contributed by atoms with Gasteiger partial charge < -0.3 is 24.3 Å². The number of rotatable bonds is 5. The minimum atomic E-state index is -0.248. The molecule has 172 valence electrons. The Balaban J connectivity index is 0.00000259. The summed E-state index contributed by atoms with van der Waals surface area (Å²) in [5.74, 6) is 0.898. The lowest BCUT2D eigenvalue weighted by Crippen LogP contribution is -2.31. The molecule has 1 unspecified atom stereocenters. The minimum absolute atomic E-state index is 0. The predicted octanol–water partition coefficient (Wildman–Crippen LogP) is 4.11. The van der Waals surface area contributed by atoms with Crippen LogP contribution in [0.3, 0.4) is 0 Å². The number of esters is 1. The summed E-state index contributed by atoms with van der Waals surface area (Å²) in [6.07, 6.45) is 1.12. The molecule has 33 heavy (non-hydrogen) atoms. The van der Waals surface area contributed by atoms with E-state index in [0.29, 0.717) is 23.2 Å². The lowest BCUT2D eigenvalue weighted by atomic mass is 9.97. The van der Waals surface area contributed by atoms with Crippen LogP contribution in [0.2, 0.25) is 5.15 Å². The summed E-state index contributed by atoms with van der Waals surface area (Å²) in [5.41, 5.74) is 4.64. The van der Waals surface area contributed by atoms with E-state index in [-0.39, 0.29) is 36.0 Å². The number of ether oxygens (including phenoxy) is 2. The second kappa shape index (κ2) is 9.38. The summed E-state index contributed by atoms with van der Waals surface area (Å²) >= 11 is 6.06. The Labute approximate surface area is 200 Å². The van der Waals surface area contributed by atoms with Crippen molar-refractivity contribution in [2.24, 2.45) is 0 Å². The Bertz CT molecular complexity index is 1320. The summed E-state index contributed by atoms with van der Waals surface area (Å²) in [6.45, 7) is 0.781. The number of aromatic nitrogens is 4. The van der Waals surface area contributed by atoms with E-state index >= 15 is 0 Å². The lowest BCUT2D eigenvalue weighted by molar-refractivity contribution is -0.141. The average molecular weight is 490 g/mol. The molecule has 0 saturated carbocycles. The number of benzene rings is 1. The first-order valence-electron chi connectivity index (χ1n) is 10.1. The molecule has 5 rings (SSSR count). The van der Waals surface area contributed by atoms with Gasteiger partial charge in [-0.1, -0.05) is 16.8 Å². The van der Waals surface area contributed by atoms with E-state index in [4.69, 9.17) is 25.6 Å². The molecule has 0 bridgehead atoms. The largest absolute Gasteiger partial charge is 0.481 e. The van der Waals surface area contributed by atoms with Crippen LogP contribution >= 0.6 is 24.0 Å². The SMILES string of the molecule is COC(=O)CC1NCCc2c1[nH]c1ccc(-c3noc(-c4cc(Cl)nc(OC)c4)n3)cc21.Cl. The van der Waals surface area contributed by atoms with Crippen LogP contribution in [0.5, 0.6) is 5.88 Å². The van der Waals surface area contributed by atoms with E-state index in [0.717, 1.165) is 35.1 Å². The maximum absolute atomic E-state index is 11.8. The normalized spacial score (nSPS) is 15.1. The minimum Gasteiger partial charge on any atom is -0.481 e. The van der Waals surface area contributed by atoms with Crippen LogP contribution in [0, 0.1) is 0 Å². The Hall–Kier alpha value is -3.14. The molecule has 11 heteroatoms. The number of carbonyl (C=O) groups excluding carboxylic acids is 1. The summed E-state index contributed by atoms with van der Waals surface area (Å²) in [7, 11) is 2.92. The quantitative estimate of drug-likeness (QED) is 0.317. The van der Waals surface area contributed by atoms with Crippen molar-refractivity contribution in [2.75, 3.05) is 20.8 Å². The third-order valence-corrected chi connectivity index (χ3v) is 5.76. The van der Waals surface area contributed by atoms with Crippen LogP contribution in [0.1, 0.15) is 23.7 Å². The summed E-state index contributed by atoms with van der Waals surface area (Å²) in [5, 5.41) is 8.88. The number of H-pyrrole nitrogens is 1. The zero-order valence-corrected chi connectivity index (χ0v) is 19.4. The number of methoxy groups -OCH3 is 2. The molecule has 1 aliphatic heterocycles. The van der Waals surface area contributed by atoms with Crippen molar-refractivity contribution in [3.05, 3.63) is 46.7 Å². The molecule has 1 aromatic carbocycles. The highest BCUT2D eigenvalue weighted by Crippen LogP contribution is 2.34. The predicted molar refractivity (Wildman–Crippen MR) is 125 cm³/mol. The second-order valence-corrected chi connectivity index (χ2v) is 7.85. The Kier molecular flexibility index (Phi) is 6.55. The van der Waals surface area contributed by atoms with Crippen molar-refractivity contribution < 1.29 is 18.8 Å². The maximum Gasteiger partial charge on any atom is 0.307 e. The molecular formula is C22H21Cl2N5O4. The van der Waals surface area contributed by atoms with E-state index in [9.17, 15) is 4.79 Å². The van der Waals surface area contributed by atoms with Crippen molar-refractivity contribution in [2.45, 2.75) is 18.9 Å². The molecular weight excluding hydrogens is 469 g/mol. The number of hydrogen-bond donors (Lipinski definition) is 2. The average Bonchev–Trinajstić information content (AvgIpc) is 3.44. The molecule has 0 fully saturated rings. The van der Waals surface area contributed by atoms with Gasteiger partial charge >= 0.3 is 5.97 Å². The van der Waals surface area contributed by atoms with Crippen LogP contribution in [-0.4, -0.2) is 46.8 Å². The number of nitrogens with one attached hydrogen (secondary N) is 2. The summed E-state index contributed by atoms with van der Waals surface area (Å²) in [4.78, 5) is 23.8. The van der Waals surface area contributed by atoms with Crippen molar-refractivity contribution >= 4 is 40.9 Å². The molecule has 4 aromatic rings. The van der Waals surface area contributed by atoms with Gasteiger partial charge in [0.2, 0.25) is 11.7 Å². The number of aromatic amines is 1. The first-order chi connectivity index (χ1) is 15.6. The molecule has 1 atom stereocenters. The number of nitrogens with zero attached hydrogens (tertiary/aromatic N) is 3. The van der Waals surface area contributed by atoms with Gasteiger partial charge in [0.25, 0.3) is 5.89 Å². The molecule has 0 aliphatic carbocycles. The highest BCUT2D eigenvalue weighted by molar-refractivity contribution is 6.29. The number of hydrogen-bond acceptors (Lipinski definition) is 8.